The molecule has 0 spiro atoms. The lowest BCUT2D eigenvalue weighted by Gasteiger charge is -2.11. The van der Waals surface area contributed by atoms with E-state index in [1.54, 1.807) is 12.1 Å². The Morgan fingerprint density at radius 3 is 2.74 bits per heavy atom. The number of aromatic nitrogens is 1. The van der Waals surface area contributed by atoms with Crippen LogP contribution < -0.4 is 21.9 Å². The van der Waals surface area contributed by atoms with Crippen LogP contribution in [0.25, 0.3) is 0 Å². The summed E-state index contributed by atoms with van der Waals surface area (Å²) in [6.45, 7) is 0. The van der Waals surface area contributed by atoms with Gasteiger partial charge in [-0.15, -0.1) is 11.8 Å². The Balaban J connectivity index is 1.80. The minimum atomic E-state index is 0.221. The van der Waals surface area contributed by atoms with E-state index in [0.717, 1.165) is 29.1 Å². The van der Waals surface area contributed by atoms with Gasteiger partial charge in [0.15, 0.2) is 0 Å². The first-order valence-corrected chi connectivity index (χ1v) is 8.19. The molecular weight excluding hydrogens is 310 g/mol. The zero-order chi connectivity index (χ0) is 16.4. The molecule has 3 rings (SSSR count). The Hall–Kier alpha value is -2.59. The Morgan fingerprint density at radius 1 is 1.26 bits per heavy atom. The third-order valence-corrected chi connectivity index (χ3v) is 4.58. The predicted molar refractivity (Wildman–Crippen MR) is 91.8 cm³/mol. The van der Waals surface area contributed by atoms with Gasteiger partial charge in [-0.05, 0) is 42.7 Å². The first-order valence-electron chi connectivity index (χ1n) is 7.20. The molecule has 1 fully saturated rings. The van der Waals surface area contributed by atoms with E-state index in [2.05, 4.69) is 11.1 Å². The first kappa shape index (κ1) is 15.3. The molecule has 0 bridgehead atoms. The lowest BCUT2D eigenvalue weighted by atomic mass is 10.1. The SMILES string of the molecule is N#Cc1ccc(OC2CC2)cc1CSc1cc(N)nc(N)c1N. The van der Waals surface area contributed by atoms with Crippen molar-refractivity contribution in [2.24, 2.45) is 0 Å². The monoisotopic (exact) mass is 327 g/mol. The van der Waals surface area contributed by atoms with Crippen molar-refractivity contribution in [2.75, 3.05) is 17.2 Å². The van der Waals surface area contributed by atoms with E-state index in [0.29, 0.717) is 28.9 Å². The molecule has 0 radical (unpaired) electrons. The average molecular weight is 327 g/mol. The van der Waals surface area contributed by atoms with Gasteiger partial charge >= 0.3 is 0 Å². The fourth-order valence-corrected chi connectivity index (χ4v) is 3.11. The van der Waals surface area contributed by atoms with Crippen molar-refractivity contribution in [2.45, 2.75) is 29.6 Å². The Kier molecular flexibility index (Phi) is 4.17. The molecule has 1 aliphatic carbocycles. The fraction of sp³-hybridized carbons (Fsp3) is 0.250. The number of ether oxygens (including phenoxy) is 1. The lowest BCUT2D eigenvalue weighted by Crippen LogP contribution is -2.03. The maximum Gasteiger partial charge on any atom is 0.150 e. The van der Waals surface area contributed by atoms with Crippen molar-refractivity contribution in [3.63, 3.8) is 0 Å². The number of nitriles is 1. The zero-order valence-corrected chi connectivity index (χ0v) is 13.3. The van der Waals surface area contributed by atoms with E-state index in [4.69, 9.17) is 21.9 Å². The summed E-state index contributed by atoms with van der Waals surface area (Å²) in [6, 6.07) is 9.42. The van der Waals surface area contributed by atoms with Crippen LogP contribution in [0.2, 0.25) is 0 Å². The number of nitrogen functional groups attached to an aromatic ring is 3. The summed E-state index contributed by atoms with van der Waals surface area (Å²) in [5, 5.41) is 9.27. The van der Waals surface area contributed by atoms with Gasteiger partial charge in [0.1, 0.15) is 17.4 Å². The molecule has 6 nitrogen and oxygen atoms in total. The highest BCUT2D eigenvalue weighted by Gasteiger charge is 2.23. The van der Waals surface area contributed by atoms with Crippen molar-refractivity contribution in [3.8, 4) is 11.8 Å². The quantitative estimate of drug-likeness (QED) is 0.721. The van der Waals surface area contributed by atoms with Gasteiger partial charge in [-0.2, -0.15) is 5.26 Å². The number of benzene rings is 1. The second kappa shape index (κ2) is 6.26. The molecular formula is C16H17N5OS. The summed E-state index contributed by atoms with van der Waals surface area (Å²) in [5.74, 6) is 1.91. The van der Waals surface area contributed by atoms with E-state index in [1.807, 2.05) is 12.1 Å². The highest BCUT2D eigenvalue weighted by molar-refractivity contribution is 7.98. The van der Waals surface area contributed by atoms with Crippen LogP contribution in [-0.4, -0.2) is 11.1 Å². The van der Waals surface area contributed by atoms with Crippen molar-refractivity contribution < 1.29 is 4.74 Å². The topological polar surface area (TPSA) is 124 Å². The van der Waals surface area contributed by atoms with E-state index < -0.39 is 0 Å². The van der Waals surface area contributed by atoms with E-state index in [1.165, 1.54) is 11.8 Å². The van der Waals surface area contributed by atoms with Gasteiger partial charge in [-0.3, -0.25) is 0 Å². The number of hydrogen-bond donors (Lipinski definition) is 3. The molecule has 1 aliphatic rings. The third-order valence-electron chi connectivity index (χ3n) is 3.48. The Labute approximate surface area is 138 Å². The number of nitrogens with two attached hydrogens (primary N) is 3. The Bertz CT molecular complexity index is 783. The second-order valence-electron chi connectivity index (χ2n) is 5.38. The molecule has 7 heteroatoms. The molecule has 6 N–H and O–H groups in total. The zero-order valence-electron chi connectivity index (χ0n) is 12.5. The second-order valence-corrected chi connectivity index (χ2v) is 6.40. The largest absolute Gasteiger partial charge is 0.490 e. The van der Waals surface area contributed by atoms with Gasteiger partial charge in [-0.25, -0.2) is 4.98 Å². The van der Waals surface area contributed by atoms with Crippen LogP contribution in [0.15, 0.2) is 29.2 Å². The molecule has 23 heavy (non-hydrogen) atoms. The number of anilines is 3. The Morgan fingerprint density at radius 2 is 2.04 bits per heavy atom. The molecule has 1 saturated carbocycles. The van der Waals surface area contributed by atoms with Gasteiger partial charge in [0.2, 0.25) is 0 Å². The average Bonchev–Trinajstić information content (AvgIpc) is 3.33. The number of hydrogen-bond acceptors (Lipinski definition) is 7. The summed E-state index contributed by atoms with van der Waals surface area (Å²) in [6.07, 6.45) is 2.51. The third kappa shape index (κ3) is 3.60. The van der Waals surface area contributed by atoms with Crippen LogP contribution >= 0.6 is 11.8 Å². The molecule has 1 heterocycles. The van der Waals surface area contributed by atoms with Gasteiger partial charge < -0.3 is 21.9 Å². The van der Waals surface area contributed by atoms with Crippen LogP contribution in [0.5, 0.6) is 5.75 Å². The number of thioether (sulfide) groups is 1. The van der Waals surface area contributed by atoms with Crippen LogP contribution in [0.1, 0.15) is 24.0 Å². The van der Waals surface area contributed by atoms with E-state index in [-0.39, 0.29) is 5.82 Å². The van der Waals surface area contributed by atoms with Crippen LogP contribution in [0, 0.1) is 11.3 Å². The molecule has 1 aromatic carbocycles. The standard InChI is InChI=1S/C16H17N5OS/c17-7-9-1-2-12(22-11-3-4-11)5-10(9)8-23-13-6-14(18)21-16(20)15(13)19/h1-2,5-6,11H,3-4,8,19H2,(H4,18,20,21). The molecule has 0 saturated heterocycles. The van der Waals surface area contributed by atoms with Crippen LogP contribution in [0.3, 0.4) is 0 Å². The number of nitrogens with zero attached hydrogens (tertiary/aromatic N) is 2. The highest BCUT2D eigenvalue weighted by Crippen LogP contribution is 2.34. The van der Waals surface area contributed by atoms with Gasteiger partial charge in [-0.1, -0.05) is 0 Å². The van der Waals surface area contributed by atoms with Gasteiger partial charge in [0.25, 0.3) is 0 Å². The molecule has 0 amide bonds. The summed E-state index contributed by atoms with van der Waals surface area (Å²) >= 11 is 1.47. The van der Waals surface area contributed by atoms with E-state index in [9.17, 15) is 5.26 Å². The number of rotatable bonds is 5. The number of pyridine rings is 1. The fourth-order valence-electron chi connectivity index (χ4n) is 2.10. The summed E-state index contributed by atoms with van der Waals surface area (Å²) in [7, 11) is 0. The van der Waals surface area contributed by atoms with Crippen LogP contribution in [0.4, 0.5) is 17.3 Å². The van der Waals surface area contributed by atoms with Crippen molar-refractivity contribution in [3.05, 3.63) is 35.4 Å². The summed E-state index contributed by atoms with van der Waals surface area (Å²) in [4.78, 5) is 4.68. The predicted octanol–water partition coefficient (Wildman–Crippen LogP) is 2.53. The molecule has 118 valence electrons. The van der Waals surface area contributed by atoms with Crippen molar-refractivity contribution in [1.29, 1.82) is 5.26 Å². The van der Waals surface area contributed by atoms with Gasteiger partial charge in [0.05, 0.1) is 23.4 Å². The maximum atomic E-state index is 9.27. The molecule has 0 atom stereocenters. The van der Waals surface area contributed by atoms with Gasteiger partial charge in [0, 0.05) is 10.6 Å². The van der Waals surface area contributed by atoms with Crippen molar-refractivity contribution >= 4 is 29.1 Å². The van der Waals surface area contributed by atoms with Crippen molar-refractivity contribution in [1.82, 2.24) is 4.98 Å². The minimum Gasteiger partial charge on any atom is -0.490 e. The molecule has 2 aromatic rings. The molecule has 0 aliphatic heterocycles. The normalized spacial score (nSPS) is 13.5. The lowest BCUT2D eigenvalue weighted by molar-refractivity contribution is 0.303. The van der Waals surface area contributed by atoms with Crippen LogP contribution in [-0.2, 0) is 5.75 Å². The summed E-state index contributed by atoms with van der Waals surface area (Å²) < 4.78 is 5.79. The maximum absolute atomic E-state index is 9.27. The smallest absolute Gasteiger partial charge is 0.150 e. The summed E-state index contributed by atoms with van der Waals surface area (Å²) in [5.41, 5.74) is 19.3. The molecule has 1 aromatic heterocycles. The minimum absolute atomic E-state index is 0.221. The van der Waals surface area contributed by atoms with E-state index >= 15 is 0 Å². The highest BCUT2D eigenvalue weighted by atomic mass is 32.2. The molecule has 0 unspecified atom stereocenters. The first-order chi connectivity index (χ1) is 11.1.